The van der Waals surface area contributed by atoms with Gasteiger partial charge in [0.05, 0.1) is 15.9 Å². The molecule has 3 aromatic heterocycles. The molecule has 1 N–H and O–H groups in total. The van der Waals surface area contributed by atoms with Gasteiger partial charge in [0.2, 0.25) is 0 Å². The molecule has 5 heteroatoms. The van der Waals surface area contributed by atoms with Crippen molar-refractivity contribution >= 4 is 32.6 Å². The molecule has 0 saturated carbocycles. The van der Waals surface area contributed by atoms with Crippen molar-refractivity contribution in [2.75, 3.05) is 0 Å². The Labute approximate surface area is 108 Å². The number of H-pyrrole nitrogens is 1. The Bertz CT molecular complexity index is 773. The number of pyridine rings is 2. The SMILES string of the molecule is CC(C)Cc1nccc2nc3[nH]c(=O)sc3cc12. The van der Waals surface area contributed by atoms with Crippen molar-refractivity contribution in [1.82, 2.24) is 15.0 Å². The Morgan fingerprint density at radius 3 is 3.06 bits per heavy atom. The highest BCUT2D eigenvalue weighted by molar-refractivity contribution is 7.16. The summed E-state index contributed by atoms with van der Waals surface area (Å²) in [5.41, 5.74) is 2.61. The summed E-state index contributed by atoms with van der Waals surface area (Å²) in [5, 5.41) is 1.05. The van der Waals surface area contributed by atoms with Crippen LogP contribution < -0.4 is 4.87 Å². The van der Waals surface area contributed by atoms with Gasteiger partial charge in [-0.15, -0.1) is 0 Å². The second-order valence-corrected chi connectivity index (χ2v) is 5.79. The predicted octanol–water partition coefficient (Wildman–Crippen LogP) is 2.73. The maximum absolute atomic E-state index is 11.3. The zero-order chi connectivity index (χ0) is 12.7. The summed E-state index contributed by atoms with van der Waals surface area (Å²) in [7, 11) is 0. The van der Waals surface area contributed by atoms with Crippen molar-refractivity contribution < 1.29 is 0 Å². The lowest BCUT2D eigenvalue weighted by Gasteiger charge is -2.07. The fourth-order valence-electron chi connectivity index (χ4n) is 2.07. The number of hydrogen-bond donors (Lipinski definition) is 1. The van der Waals surface area contributed by atoms with E-state index in [0.29, 0.717) is 11.6 Å². The largest absolute Gasteiger partial charge is 0.306 e. The lowest BCUT2D eigenvalue weighted by Crippen LogP contribution is -1.98. The van der Waals surface area contributed by atoms with E-state index in [1.165, 1.54) is 11.3 Å². The zero-order valence-corrected chi connectivity index (χ0v) is 11.0. The molecule has 0 amide bonds. The van der Waals surface area contributed by atoms with Crippen LogP contribution >= 0.6 is 11.3 Å². The van der Waals surface area contributed by atoms with Crippen molar-refractivity contribution in [3.05, 3.63) is 33.7 Å². The Kier molecular flexibility index (Phi) is 2.63. The molecular formula is C13H13N3OS. The van der Waals surface area contributed by atoms with E-state index in [-0.39, 0.29) is 4.87 Å². The van der Waals surface area contributed by atoms with E-state index >= 15 is 0 Å². The van der Waals surface area contributed by atoms with Gasteiger partial charge in [-0.1, -0.05) is 25.2 Å². The molecule has 18 heavy (non-hydrogen) atoms. The highest BCUT2D eigenvalue weighted by atomic mass is 32.1. The molecule has 3 rings (SSSR count). The quantitative estimate of drug-likeness (QED) is 0.769. The summed E-state index contributed by atoms with van der Waals surface area (Å²) < 4.78 is 0.894. The monoisotopic (exact) mass is 259 g/mol. The number of rotatable bonds is 2. The van der Waals surface area contributed by atoms with Gasteiger partial charge in [-0.3, -0.25) is 14.8 Å². The van der Waals surface area contributed by atoms with Crippen molar-refractivity contribution in [2.24, 2.45) is 5.92 Å². The van der Waals surface area contributed by atoms with Gasteiger partial charge >= 0.3 is 4.87 Å². The van der Waals surface area contributed by atoms with Crippen LogP contribution in [-0.4, -0.2) is 15.0 Å². The fraction of sp³-hybridized carbons (Fsp3) is 0.308. The summed E-state index contributed by atoms with van der Waals surface area (Å²) in [6.07, 6.45) is 2.70. The van der Waals surface area contributed by atoms with Crippen molar-refractivity contribution in [3.8, 4) is 0 Å². The van der Waals surface area contributed by atoms with Crippen LogP contribution in [0.25, 0.3) is 21.3 Å². The van der Waals surface area contributed by atoms with E-state index in [9.17, 15) is 4.79 Å². The maximum Gasteiger partial charge on any atom is 0.306 e. The van der Waals surface area contributed by atoms with E-state index in [2.05, 4.69) is 28.8 Å². The summed E-state index contributed by atoms with van der Waals surface area (Å²) >= 11 is 1.19. The minimum Gasteiger partial charge on any atom is -0.297 e. The van der Waals surface area contributed by atoms with Crippen LogP contribution in [0.4, 0.5) is 0 Å². The van der Waals surface area contributed by atoms with Crippen molar-refractivity contribution in [1.29, 1.82) is 0 Å². The molecule has 4 nitrogen and oxygen atoms in total. The smallest absolute Gasteiger partial charge is 0.297 e. The van der Waals surface area contributed by atoms with Crippen LogP contribution in [0, 0.1) is 5.92 Å². The number of fused-ring (bicyclic) bond motifs is 2. The molecule has 0 aliphatic carbocycles. The van der Waals surface area contributed by atoms with Crippen LogP contribution in [0.5, 0.6) is 0 Å². The minimum absolute atomic E-state index is 0.0637. The van der Waals surface area contributed by atoms with Gasteiger partial charge in [0.15, 0.2) is 5.65 Å². The van der Waals surface area contributed by atoms with Gasteiger partial charge in [-0.25, -0.2) is 4.98 Å². The first-order chi connectivity index (χ1) is 8.63. The summed E-state index contributed by atoms with van der Waals surface area (Å²) in [5.74, 6) is 0.545. The average Bonchev–Trinajstić information content (AvgIpc) is 2.65. The molecule has 3 heterocycles. The molecule has 0 aliphatic heterocycles. The molecule has 0 bridgehead atoms. The van der Waals surface area contributed by atoms with E-state index < -0.39 is 0 Å². The average molecular weight is 259 g/mol. The number of nitrogens with one attached hydrogen (secondary N) is 1. The number of thiazole rings is 1. The van der Waals surface area contributed by atoms with Crippen LogP contribution in [0.3, 0.4) is 0 Å². The van der Waals surface area contributed by atoms with Gasteiger partial charge in [-0.05, 0) is 24.5 Å². The lowest BCUT2D eigenvalue weighted by atomic mass is 10.0. The molecular weight excluding hydrogens is 246 g/mol. The van der Waals surface area contributed by atoms with Crippen molar-refractivity contribution in [2.45, 2.75) is 20.3 Å². The molecule has 3 aromatic rings. The fourth-order valence-corrected chi connectivity index (χ4v) is 2.79. The number of aromatic nitrogens is 3. The number of hydrogen-bond acceptors (Lipinski definition) is 4. The second kappa shape index (κ2) is 4.17. The molecule has 92 valence electrons. The number of nitrogens with zero attached hydrogens (tertiary/aromatic N) is 2. The third kappa shape index (κ3) is 1.90. The van der Waals surface area contributed by atoms with Gasteiger partial charge in [-0.2, -0.15) is 0 Å². The Morgan fingerprint density at radius 2 is 2.28 bits per heavy atom. The second-order valence-electron chi connectivity index (χ2n) is 4.77. The molecule has 0 aromatic carbocycles. The summed E-state index contributed by atoms with van der Waals surface area (Å²) in [6.45, 7) is 4.34. The highest BCUT2D eigenvalue weighted by Crippen LogP contribution is 2.23. The van der Waals surface area contributed by atoms with Gasteiger partial charge < -0.3 is 0 Å². The molecule has 0 unspecified atom stereocenters. The lowest BCUT2D eigenvalue weighted by molar-refractivity contribution is 0.639. The maximum atomic E-state index is 11.3. The van der Waals surface area contributed by atoms with Gasteiger partial charge in [0.1, 0.15) is 0 Å². The first-order valence-corrected chi connectivity index (χ1v) is 6.72. The van der Waals surface area contributed by atoms with Crippen molar-refractivity contribution in [3.63, 3.8) is 0 Å². The van der Waals surface area contributed by atoms with Gasteiger partial charge in [0, 0.05) is 11.6 Å². The van der Waals surface area contributed by atoms with Gasteiger partial charge in [0.25, 0.3) is 0 Å². The molecule has 0 atom stereocenters. The third-order valence-corrected chi connectivity index (χ3v) is 3.63. The molecule has 0 radical (unpaired) electrons. The summed E-state index contributed by atoms with van der Waals surface area (Å²) in [6, 6.07) is 3.90. The standard InChI is InChI=1S/C13H13N3OS/c1-7(2)5-10-8-6-11-12(16-13(17)18-11)15-9(8)3-4-14-10/h3-4,6-7H,5H2,1-2H3,(H,15,16,17). The first kappa shape index (κ1) is 11.3. The molecule has 0 fully saturated rings. The first-order valence-electron chi connectivity index (χ1n) is 5.91. The van der Waals surface area contributed by atoms with E-state index in [1.807, 2.05) is 12.1 Å². The minimum atomic E-state index is -0.0637. The predicted molar refractivity (Wildman–Crippen MR) is 74.1 cm³/mol. The Balaban J connectivity index is 2.31. The molecule has 0 saturated heterocycles. The third-order valence-electron chi connectivity index (χ3n) is 2.82. The zero-order valence-electron chi connectivity index (χ0n) is 10.2. The van der Waals surface area contributed by atoms with Crippen LogP contribution in [0.2, 0.25) is 0 Å². The van der Waals surface area contributed by atoms with Crippen LogP contribution in [-0.2, 0) is 6.42 Å². The van der Waals surface area contributed by atoms with E-state index in [4.69, 9.17) is 0 Å². The van der Waals surface area contributed by atoms with Crippen LogP contribution in [0.15, 0.2) is 23.1 Å². The molecule has 0 spiro atoms. The number of aromatic amines is 1. The normalized spacial score (nSPS) is 11.7. The van der Waals surface area contributed by atoms with E-state index in [0.717, 1.165) is 27.7 Å². The summed E-state index contributed by atoms with van der Waals surface area (Å²) in [4.78, 5) is 22.9. The van der Waals surface area contributed by atoms with E-state index in [1.54, 1.807) is 6.20 Å². The Hall–Kier alpha value is -1.75. The molecule has 0 aliphatic rings. The van der Waals surface area contributed by atoms with Crippen LogP contribution in [0.1, 0.15) is 19.5 Å². The highest BCUT2D eigenvalue weighted by Gasteiger charge is 2.09. The topological polar surface area (TPSA) is 58.6 Å². The Morgan fingerprint density at radius 1 is 1.44 bits per heavy atom.